The number of hydrogen-bond donors (Lipinski definition) is 1. The van der Waals surface area contributed by atoms with Gasteiger partial charge in [-0.25, -0.2) is 4.39 Å². The summed E-state index contributed by atoms with van der Waals surface area (Å²) in [4.78, 5) is 29.0. The summed E-state index contributed by atoms with van der Waals surface area (Å²) in [6.07, 6.45) is 0. The molecule has 0 unspecified atom stereocenters. The van der Waals surface area contributed by atoms with E-state index in [-0.39, 0.29) is 17.6 Å². The predicted octanol–water partition coefficient (Wildman–Crippen LogP) is 4.80. The zero-order valence-corrected chi connectivity index (χ0v) is 18.3. The molecule has 1 heterocycles. The van der Waals surface area contributed by atoms with E-state index in [2.05, 4.69) is 26.1 Å². The lowest BCUT2D eigenvalue weighted by atomic mass is 10.1. The van der Waals surface area contributed by atoms with Gasteiger partial charge in [-0.3, -0.25) is 9.59 Å². The molecule has 1 N–H and O–H groups in total. The first kappa shape index (κ1) is 21.1. The average Bonchev–Trinajstić information content (AvgIpc) is 2.80. The van der Waals surface area contributed by atoms with Gasteiger partial charge in [-0.05, 0) is 66.7 Å². The van der Waals surface area contributed by atoms with Crippen LogP contribution in [0.4, 0.5) is 15.8 Å². The van der Waals surface area contributed by atoms with E-state index in [1.165, 1.54) is 24.3 Å². The second-order valence-corrected chi connectivity index (χ2v) is 8.21. The summed E-state index contributed by atoms with van der Waals surface area (Å²) in [5, 5.41) is 2.90. The topological polar surface area (TPSA) is 52.7 Å². The standard InChI is InChI=1S/C24H21BrFN3O2/c25-19-3-1-2-18(16-19)23(30)27-21-8-10-22(11-9-21)28-12-14-29(15-13-28)24(31)17-4-6-20(26)7-5-17/h1-11,16H,12-15H2,(H,27,30). The lowest BCUT2D eigenvalue weighted by molar-refractivity contribution is 0.0746. The van der Waals surface area contributed by atoms with E-state index in [4.69, 9.17) is 0 Å². The van der Waals surface area contributed by atoms with E-state index in [1.54, 1.807) is 17.0 Å². The Labute approximate surface area is 188 Å². The van der Waals surface area contributed by atoms with Crippen molar-refractivity contribution in [1.82, 2.24) is 4.90 Å². The number of rotatable bonds is 4. The van der Waals surface area contributed by atoms with Gasteiger partial charge in [0.15, 0.2) is 0 Å². The Morgan fingerprint density at radius 1 is 0.839 bits per heavy atom. The minimum Gasteiger partial charge on any atom is -0.368 e. The molecule has 0 aromatic heterocycles. The lowest BCUT2D eigenvalue weighted by Crippen LogP contribution is -2.48. The van der Waals surface area contributed by atoms with Crippen LogP contribution in [0.5, 0.6) is 0 Å². The number of halogens is 2. The smallest absolute Gasteiger partial charge is 0.255 e. The maximum atomic E-state index is 13.1. The second kappa shape index (κ2) is 9.31. The van der Waals surface area contributed by atoms with Gasteiger partial charge < -0.3 is 15.1 Å². The lowest BCUT2D eigenvalue weighted by Gasteiger charge is -2.36. The highest BCUT2D eigenvalue weighted by atomic mass is 79.9. The van der Waals surface area contributed by atoms with Crippen molar-refractivity contribution in [2.75, 3.05) is 36.4 Å². The highest BCUT2D eigenvalue weighted by molar-refractivity contribution is 9.10. The summed E-state index contributed by atoms with van der Waals surface area (Å²) >= 11 is 3.37. The number of carbonyl (C=O) groups is 2. The monoisotopic (exact) mass is 481 g/mol. The van der Waals surface area contributed by atoms with Crippen LogP contribution in [0.3, 0.4) is 0 Å². The molecule has 0 saturated carbocycles. The molecule has 7 heteroatoms. The van der Waals surface area contributed by atoms with Gasteiger partial charge in [0.05, 0.1) is 0 Å². The highest BCUT2D eigenvalue weighted by Crippen LogP contribution is 2.21. The second-order valence-electron chi connectivity index (χ2n) is 7.30. The van der Waals surface area contributed by atoms with E-state index in [0.717, 1.165) is 15.8 Å². The van der Waals surface area contributed by atoms with E-state index >= 15 is 0 Å². The van der Waals surface area contributed by atoms with Crippen molar-refractivity contribution >= 4 is 39.1 Å². The molecular formula is C24H21BrFN3O2. The molecule has 5 nitrogen and oxygen atoms in total. The summed E-state index contributed by atoms with van der Waals surface area (Å²) in [7, 11) is 0. The normalized spacial score (nSPS) is 13.7. The number of benzene rings is 3. The third-order valence-electron chi connectivity index (χ3n) is 5.24. The maximum absolute atomic E-state index is 13.1. The van der Waals surface area contributed by atoms with Crippen LogP contribution in [0.1, 0.15) is 20.7 Å². The molecule has 0 atom stereocenters. The van der Waals surface area contributed by atoms with Crippen molar-refractivity contribution < 1.29 is 14.0 Å². The van der Waals surface area contributed by atoms with E-state index in [1.807, 2.05) is 36.4 Å². The van der Waals surface area contributed by atoms with Crippen LogP contribution in [0.15, 0.2) is 77.3 Å². The van der Waals surface area contributed by atoms with Crippen molar-refractivity contribution in [3.8, 4) is 0 Å². The molecule has 3 aromatic carbocycles. The number of amides is 2. The summed E-state index contributed by atoms with van der Waals surface area (Å²) in [6.45, 7) is 2.60. The van der Waals surface area contributed by atoms with Gasteiger partial charge in [0.2, 0.25) is 0 Å². The quantitative estimate of drug-likeness (QED) is 0.581. The van der Waals surface area contributed by atoms with Gasteiger partial charge in [0.1, 0.15) is 5.82 Å². The summed E-state index contributed by atoms with van der Waals surface area (Å²) in [6, 6.07) is 20.6. The van der Waals surface area contributed by atoms with Crippen molar-refractivity contribution in [1.29, 1.82) is 0 Å². The first-order valence-corrected chi connectivity index (χ1v) is 10.8. The maximum Gasteiger partial charge on any atom is 0.255 e. The largest absolute Gasteiger partial charge is 0.368 e. The van der Waals surface area contributed by atoms with Gasteiger partial charge in [-0.1, -0.05) is 22.0 Å². The third-order valence-corrected chi connectivity index (χ3v) is 5.73. The minimum atomic E-state index is -0.349. The fraction of sp³-hybridized carbons (Fsp3) is 0.167. The number of nitrogens with zero attached hydrogens (tertiary/aromatic N) is 2. The van der Waals surface area contributed by atoms with Crippen molar-refractivity contribution in [3.05, 3.63) is 94.2 Å². The Morgan fingerprint density at radius 2 is 1.52 bits per heavy atom. The van der Waals surface area contributed by atoms with Gasteiger partial charge in [-0.2, -0.15) is 0 Å². The van der Waals surface area contributed by atoms with Gasteiger partial charge in [-0.15, -0.1) is 0 Å². The molecule has 31 heavy (non-hydrogen) atoms. The summed E-state index contributed by atoms with van der Waals surface area (Å²) < 4.78 is 13.9. The fourth-order valence-electron chi connectivity index (χ4n) is 3.53. The van der Waals surface area contributed by atoms with Crippen LogP contribution in [0.25, 0.3) is 0 Å². The van der Waals surface area contributed by atoms with E-state index in [9.17, 15) is 14.0 Å². The Morgan fingerprint density at radius 3 is 2.16 bits per heavy atom. The van der Waals surface area contributed by atoms with Crippen LogP contribution in [-0.2, 0) is 0 Å². The Bertz CT molecular complexity index is 1080. The molecule has 0 radical (unpaired) electrons. The molecule has 158 valence electrons. The average molecular weight is 482 g/mol. The Balaban J connectivity index is 1.33. The predicted molar refractivity (Wildman–Crippen MR) is 123 cm³/mol. The molecule has 3 aromatic rings. The number of carbonyl (C=O) groups excluding carboxylic acids is 2. The number of piperazine rings is 1. The highest BCUT2D eigenvalue weighted by Gasteiger charge is 2.22. The van der Waals surface area contributed by atoms with E-state index in [0.29, 0.717) is 37.3 Å². The summed E-state index contributed by atoms with van der Waals surface area (Å²) in [5.41, 5.74) is 2.84. The first-order chi connectivity index (χ1) is 15.0. The van der Waals surface area contributed by atoms with Crippen molar-refractivity contribution in [3.63, 3.8) is 0 Å². The van der Waals surface area contributed by atoms with Crippen LogP contribution in [0, 0.1) is 5.82 Å². The molecule has 1 saturated heterocycles. The van der Waals surface area contributed by atoms with Crippen LogP contribution < -0.4 is 10.2 Å². The third kappa shape index (κ3) is 5.11. The van der Waals surface area contributed by atoms with Crippen LogP contribution in [0.2, 0.25) is 0 Å². The van der Waals surface area contributed by atoms with Gasteiger partial charge in [0, 0.05) is 53.2 Å². The molecular weight excluding hydrogens is 461 g/mol. The van der Waals surface area contributed by atoms with E-state index < -0.39 is 0 Å². The number of hydrogen-bond acceptors (Lipinski definition) is 3. The molecule has 4 rings (SSSR count). The SMILES string of the molecule is O=C(Nc1ccc(N2CCN(C(=O)c3ccc(F)cc3)CC2)cc1)c1cccc(Br)c1. The first-order valence-electron chi connectivity index (χ1n) is 9.96. The van der Waals surface area contributed by atoms with Crippen LogP contribution in [-0.4, -0.2) is 42.9 Å². The number of anilines is 2. The molecule has 0 bridgehead atoms. The van der Waals surface area contributed by atoms with Crippen molar-refractivity contribution in [2.45, 2.75) is 0 Å². The van der Waals surface area contributed by atoms with Crippen LogP contribution >= 0.6 is 15.9 Å². The fourth-order valence-corrected chi connectivity index (χ4v) is 3.93. The van der Waals surface area contributed by atoms with Gasteiger partial charge in [0.25, 0.3) is 11.8 Å². The van der Waals surface area contributed by atoms with Gasteiger partial charge >= 0.3 is 0 Å². The molecule has 1 aliphatic rings. The number of nitrogens with one attached hydrogen (secondary N) is 1. The minimum absolute atomic E-state index is 0.0785. The summed E-state index contributed by atoms with van der Waals surface area (Å²) in [5.74, 6) is -0.593. The molecule has 0 spiro atoms. The Hall–Kier alpha value is -3.19. The molecule has 1 fully saturated rings. The van der Waals surface area contributed by atoms with Crippen molar-refractivity contribution in [2.24, 2.45) is 0 Å². The molecule has 0 aliphatic carbocycles. The zero-order valence-electron chi connectivity index (χ0n) is 16.7. The molecule has 2 amide bonds. The molecule has 1 aliphatic heterocycles. The zero-order chi connectivity index (χ0) is 21.8. The Kier molecular flexibility index (Phi) is 6.32.